The van der Waals surface area contributed by atoms with Gasteiger partial charge in [0, 0.05) is 29.9 Å². The Hall–Kier alpha value is -1.52. The van der Waals surface area contributed by atoms with Gasteiger partial charge in [-0.15, -0.1) is 12.4 Å². The number of benzene rings is 1. The number of hydrogen-bond acceptors (Lipinski definition) is 3. The molecule has 0 radical (unpaired) electrons. The number of H-pyrrole nitrogens is 1. The number of para-hydroxylation sites is 1. The largest absolute Gasteiger partial charge is 0.490 e. The van der Waals surface area contributed by atoms with Crippen LogP contribution in [0.4, 0.5) is 0 Å². The second-order valence-corrected chi connectivity index (χ2v) is 5.76. The maximum Gasteiger partial charge on any atom is 0.124 e. The molecule has 0 atom stereocenters. The Morgan fingerprint density at radius 3 is 2.64 bits per heavy atom. The number of aromatic amines is 1. The van der Waals surface area contributed by atoms with Gasteiger partial charge in [0.05, 0.1) is 12.3 Å². The molecule has 0 aliphatic heterocycles. The molecular formula is C17H24ClN3O. The molecule has 1 aliphatic rings. The summed E-state index contributed by atoms with van der Waals surface area (Å²) in [6.07, 6.45) is 7.26. The number of hydrogen-bond donors (Lipinski definition) is 2. The van der Waals surface area contributed by atoms with E-state index in [1.54, 1.807) is 0 Å². The van der Waals surface area contributed by atoms with E-state index in [2.05, 4.69) is 33.7 Å². The number of aryl methyl sites for hydroxylation is 1. The molecule has 1 aliphatic carbocycles. The summed E-state index contributed by atoms with van der Waals surface area (Å²) in [4.78, 5) is 0. The van der Waals surface area contributed by atoms with Crippen molar-refractivity contribution in [3.8, 4) is 5.75 Å². The van der Waals surface area contributed by atoms with E-state index in [4.69, 9.17) is 4.74 Å². The third kappa shape index (κ3) is 4.24. The molecule has 2 aromatic rings. The van der Waals surface area contributed by atoms with Crippen LogP contribution in [-0.2, 0) is 13.1 Å². The summed E-state index contributed by atoms with van der Waals surface area (Å²) in [5.74, 6) is 1.03. The minimum absolute atomic E-state index is 0. The van der Waals surface area contributed by atoms with Gasteiger partial charge in [-0.05, 0) is 38.7 Å². The van der Waals surface area contributed by atoms with Crippen molar-refractivity contribution in [1.82, 2.24) is 15.5 Å². The minimum Gasteiger partial charge on any atom is -0.490 e. The fourth-order valence-corrected chi connectivity index (χ4v) is 2.84. The van der Waals surface area contributed by atoms with E-state index < -0.39 is 0 Å². The van der Waals surface area contributed by atoms with E-state index in [0.29, 0.717) is 6.10 Å². The summed E-state index contributed by atoms with van der Waals surface area (Å²) in [6.45, 7) is 3.68. The Balaban J connectivity index is 0.00000176. The zero-order chi connectivity index (χ0) is 14.5. The molecule has 1 aromatic heterocycles. The molecule has 120 valence electrons. The second-order valence-electron chi connectivity index (χ2n) is 5.76. The van der Waals surface area contributed by atoms with Gasteiger partial charge in [-0.1, -0.05) is 18.2 Å². The Kier molecular flexibility index (Phi) is 6.28. The lowest BCUT2D eigenvalue weighted by Crippen LogP contribution is -2.16. The first-order valence-corrected chi connectivity index (χ1v) is 7.77. The van der Waals surface area contributed by atoms with E-state index in [0.717, 1.165) is 24.5 Å². The second kappa shape index (κ2) is 8.20. The number of aromatic nitrogens is 2. The number of nitrogens with zero attached hydrogens (tertiary/aromatic N) is 1. The lowest BCUT2D eigenvalue weighted by molar-refractivity contribution is 0.207. The molecule has 2 N–H and O–H groups in total. The lowest BCUT2D eigenvalue weighted by Gasteiger charge is -2.16. The van der Waals surface area contributed by atoms with Gasteiger partial charge in [0.2, 0.25) is 0 Å². The molecular weight excluding hydrogens is 298 g/mol. The molecule has 4 nitrogen and oxygen atoms in total. The van der Waals surface area contributed by atoms with E-state index >= 15 is 0 Å². The smallest absolute Gasteiger partial charge is 0.124 e. The first kappa shape index (κ1) is 16.8. The Morgan fingerprint density at radius 1 is 1.18 bits per heavy atom. The highest BCUT2D eigenvalue weighted by molar-refractivity contribution is 5.85. The van der Waals surface area contributed by atoms with Crippen molar-refractivity contribution in [1.29, 1.82) is 0 Å². The van der Waals surface area contributed by atoms with E-state index in [1.165, 1.54) is 36.8 Å². The minimum atomic E-state index is 0. The van der Waals surface area contributed by atoms with Crippen molar-refractivity contribution >= 4 is 12.4 Å². The lowest BCUT2D eigenvalue weighted by atomic mass is 10.2. The highest BCUT2D eigenvalue weighted by Crippen LogP contribution is 2.26. The van der Waals surface area contributed by atoms with Crippen LogP contribution < -0.4 is 10.1 Å². The number of nitrogens with one attached hydrogen (secondary N) is 2. The summed E-state index contributed by atoms with van der Waals surface area (Å²) >= 11 is 0. The van der Waals surface area contributed by atoms with Crippen LogP contribution >= 0.6 is 12.4 Å². The first-order chi connectivity index (χ1) is 10.3. The molecule has 5 heteroatoms. The van der Waals surface area contributed by atoms with Crippen molar-refractivity contribution in [3.05, 3.63) is 47.3 Å². The van der Waals surface area contributed by atoms with Crippen LogP contribution in [0.15, 0.2) is 30.5 Å². The van der Waals surface area contributed by atoms with Gasteiger partial charge >= 0.3 is 0 Å². The van der Waals surface area contributed by atoms with Gasteiger partial charge in [0.15, 0.2) is 0 Å². The third-order valence-corrected chi connectivity index (χ3v) is 4.13. The molecule has 0 saturated heterocycles. The predicted octanol–water partition coefficient (Wildman–Crippen LogP) is 3.75. The van der Waals surface area contributed by atoms with Crippen LogP contribution in [0.3, 0.4) is 0 Å². The van der Waals surface area contributed by atoms with Gasteiger partial charge in [-0.3, -0.25) is 5.10 Å². The zero-order valence-corrected chi connectivity index (χ0v) is 13.8. The Bertz CT molecular complexity index is 579. The maximum atomic E-state index is 6.16. The summed E-state index contributed by atoms with van der Waals surface area (Å²) < 4.78 is 6.16. The van der Waals surface area contributed by atoms with E-state index in [-0.39, 0.29) is 12.4 Å². The van der Waals surface area contributed by atoms with Crippen molar-refractivity contribution in [2.45, 2.75) is 51.8 Å². The fourth-order valence-electron chi connectivity index (χ4n) is 2.84. The van der Waals surface area contributed by atoms with Crippen LogP contribution in [-0.4, -0.2) is 16.3 Å². The third-order valence-electron chi connectivity index (χ3n) is 4.13. The highest BCUT2D eigenvalue weighted by Gasteiger charge is 2.17. The molecule has 0 spiro atoms. The molecule has 3 rings (SSSR count). The van der Waals surface area contributed by atoms with Gasteiger partial charge in [-0.25, -0.2) is 0 Å². The zero-order valence-electron chi connectivity index (χ0n) is 13.0. The quantitative estimate of drug-likeness (QED) is 0.852. The van der Waals surface area contributed by atoms with E-state index in [9.17, 15) is 0 Å². The molecule has 1 heterocycles. The summed E-state index contributed by atoms with van der Waals surface area (Å²) in [6, 6.07) is 8.34. The average molecular weight is 322 g/mol. The monoisotopic (exact) mass is 321 g/mol. The van der Waals surface area contributed by atoms with Crippen molar-refractivity contribution in [3.63, 3.8) is 0 Å². The molecule has 1 fully saturated rings. The number of halogens is 1. The molecule has 0 amide bonds. The SMILES string of the molecule is Cc1[nH]ncc1CNCc1ccccc1OC1CCCC1.Cl. The Labute approximate surface area is 138 Å². The average Bonchev–Trinajstić information content (AvgIpc) is 3.13. The summed E-state index contributed by atoms with van der Waals surface area (Å²) in [5.41, 5.74) is 3.56. The summed E-state index contributed by atoms with van der Waals surface area (Å²) in [7, 11) is 0. The van der Waals surface area contributed by atoms with Gasteiger partial charge in [-0.2, -0.15) is 5.10 Å². The molecule has 1 saturated carbocycles. The fraction of sp³-hybridized carbons (Fsp3) is 0.471. The normalized spacial score (nSPS) is 14.8. The van der Waals surface area contributed by atoms with E-state index in [1.807, 2.05) is 19.2 Å². The maximum absolute atomic E-state index is 6.16. The summed E-state index contributed by atoms with van der Waals surface area (Å²) in [5, 5.41) is 10.5. The molecule has 0 unspecified atom stereocenters. The van der Waals surface area contributed by atoms with Crippen LogP contribution in [0.25, 0.3) is 0 Å². The van der Waals surface area contributed by atoms with Crippen molar-refractivity contribution < 1.29 is 4.74 Å². The first-order valence-electron chi connectivity index (χ1n) is 7.77. The van der Waals surface area contributed by atoms with Crippen molar-refractivity contribution in [2.24, 2.45) is 0 Å². The Morgan fingerprint density at radius 2 is 1.91 bits per heavy atom. The van der Waals surface area contributed by atoms with Crippen LogP contribution in [0.5, 0.6) is 5.75 Å². The van der Waals surface area contributed by atoms with Crippen LogP contribution in [0.2, 0.25) is 0 Å². The number of rotatable bonds is 6. The van der Waals surface area contributed by atoms with Gasteiger partial charge < -0.3 is 10.1 Å². The van der Waals surface area contributed by atoms with Crippen LogP contribution in [0, 0.1) is 6.92 Å². The molecule has 22 heavy (non-hydrogen) atoms. The predicted molar refractivity (Wildman–Crippen MR) is 90.4 cm³/mol. The molecule has 0 bridgehead atoms. The standard InChI is InChI=1S/C17H23N3O.ClH/c1-13-15(12-19-20-13)11-18-10-14-6-2-5-9-17(14)21-16-7-3-4-8-16;/h2,5-6,9,12,16,18H,3-4,7-8,10-11H2,1H3,(H,19,20);1H. The van der Waals surface area contributed by atoms with Gasteiger partial charge in [0.1, 0.15) is 5.75 Å². The van der Waals surface area contributed by atoms with Gasteiger partial charge in [0.25, 0.3) is 0 Å². The van der Waals surface area contributed by atoms with Crippen LogP contribution in [0.1, 0.15) is 42.5 Å². The van der Waals surface area contributed by atoms with Crippen molar-refractivity contribution in [2.75, 3.05) is 0 Å². The number of ether oxygens (including phenoxy) is 1. The topological polar surface area (TPSA) is 49.9 Å². The highest BCUT2D eigenvalue weighted by atomic mass is 35.5. The molecule has 1 aromatic carbocycles.